The molecule has 0 radical (unpaired) electrons. The Morgan fingerprint density at radius 1 is 1.06 bits per heavy atom. The van der Waals surface area contributed by atoms with E-state index < -0.39 is 12.0 Å². The van der Waals surface area contributed by atoms with E-state index in [-0.39, 0.29) is 18.2 Å². The summed E-state index contributed by atoms with van der Waals surface area (Å²) in [5, 5.41) is 2.74. The van der Waals surface area contributed by atoms with Crippen LogP contribution in [0.5, 0.6) is 5.75 Å². The summed E-state index contributed by atoms with van der Waals surface area (Å²) in [5.74, 6) is -0.296. The van der Waals surface area contributed by atoms with Gasteiger partial charge in [0.15, 0.2) is 0 Å². The maximum Gasteiger partial charge on any atom is 0.308 e. The molecule has 0 bridgehead atoms. The molecule has 1 saturated heterocycles. The van der Waals surface area contributed by atoms with Crippen LogP contribution in [0.3, 0.4) is 0 Å². The van der Waals surface area contributed by atoms with Crippen molar-refractivity contribution in [1.29, 1.82) is 0 Å². The normalized spacial score (nSPS) is 15.8. The Kier molecular flexibility index (Phi) is 8.87. The smallest absolute Gasteiger partial charge is 0.308 e. The molecule has 33 heavy (non-hydrogen) atoms. The minimum atomic E-state index is -0.907. The first-order valence-electron chi connectivity index (χ1n) is 11.5. The van der Waals surface area contributed by atoms with Crippen molar-refractivity contribution in [2.24, 2.45) is 5.92 Å². The highest BCUT2D eigenvalue weighted by atomic mass is 16.5. The van der Waals surface area contributed by atoms with Crippen molar-refractivity contribution >= 4 is 17.8 Å². The number of nitrogens with zero attached hydrogens (tertiary/aromatic N) is 1. The van der Waals surface area contributed by atoms with E-state index in [0.29, 0.717) is 50.0 Å². The van der Waals surface area contributed by atoms with Crippen LogP contribution in [0.4, 0.5) is 0 Å². The highest BCUT2D eigenvalue weighted by Crippen LogP contribution is 2.23. The van der Waals surface area contributed by atoms with Crippen LogP contribution in [0, 0.1) is 5.92 Å². The number of esters is 1. The first-order chi connectivity index (χ1) is 16.0. The van der Waals surface area contributed by atoms with Gasteiger partial charge in [-0.05, 0) is 30.0 Å². The monoisotopic (exact) mass is 452 g/mol. The predicted octanol–water partition coefficient (Wildman–Crippen LogP) is 3.23. The molecule has 1 atom stereocenters. The number of para-hydroxylation sites is 1. The molecule has 0 aromatic heterocycles. The second-order valence-electron chi connectivity index (χ2n) is 8.49. The van der Waals surface area contributed by atoms with E-state index in [9.17, 15) is 14.4 Å². The second-order valence-corrected chi connectivity index (χ2v) is 8.49. The molecule has 176 valence electrons. The van der Waals surface area contributed by atoms with Gasteiger partial charge >= 0.3 is 5.97 Å². The fourth-order valence-electron chi connectivity index (χ4n) is 3.63. The minimum absolute atomic E-state index is 0.174. The summed E-state index contributed by atoms with van der Waals surface area (Å²) in [7, 11) is 0. The standard InChI is InChI=1S/C26H32N2O5/c1-19(2)12-16-33-24(29)18-22-25(30)27-14-15-28(22)26(31)21-10-6-7-11-23(21)32-17-13-20-8-4-3-5-9-20/h3-11,19,22H,12-18H2,1-2H3,(H,27,30). The van der Waals surface area contributed by atoms with E-state index in [4.69, 9.17) is 9.47 Å². The highest BCUT2D eigenvalue weighted by Gasteiger charge is 2.36. The molecule has 1 fully saturated rings. The Bertz CT molecular complexity index is 945. The van der Waals surface area contributed by atoms with Gasteiger partial charge < -0.3 is 19.7 Å². The fraction of sp³-hybridized carbons (Fsp3) is 0.423. The molecule has 0 aliphatic carbocycles. The van der Waals surface area contributed by atoms with Crippen molar-refractivity contribution in [3.8, 4) is 5.75 Å². The third-order valence-corrected chi connectivity index (χ3v) is 5.52. The summed E-state index contributed by atoms with van der Waals surface area (Å²) in [6, 6.07) is 16.1. The number of ether oxygens (including phenoxy) is 2. The van der Waals surface area contributed by atoms with Crippen molar-refractivity contribution in [3.05, 3.63) is 65.7 Å². The van der Waals surface area contributed by atoms with Gasteiger partial charge in [-0.1, -0.05) is 56.3 Å². The van der Waals surface area contributed by atoms with E-state index in [2.05, 4.69) is 5.32 Å². The van der Waals surface area contributed by atoms with Crippen LogP contribution in [0.1, 0.15) is 42.6 Å². The van der Waals surface area contributed by atoms with Crippen LogP contribution in [-0.2, 0) is 20.7 Å². The summed E-state index contributed by atoms with van der Waals surface area (Å²) in [6.45, 7) is 5.45. The Balaban J connectivity index is 1.67. The molecule has 1 heterocycles. The lowest BCUT2D eigenvalue weighted by Gasteiger charge is -2.34. The molecular weight excluding hydrogens is 420 g/mol. The number of hydrogen-bond acceptors (Lipinski definition) is 5. The molecule has 1 unspecified atom stereocenters. The molecular formula is C26H32N2O5. The summed E-state index contributed by atoms with van der Waals surface area (Å²) >= 11 is 0. The van der Waals surface area contributed by atoms with Crippen LogP contribution in [0.15, 0.2) is 54.6 Å². The molecule has 1 aliphatic heterocycles. The Hall–Kier alpha value is -3.35. The first kappa shape index (κ1) is 24.3. The summed E-state index contributed by atoms with van der Waals surface area (Å²) in [5.41, 5.74) is 1.52. The molecule has 7 nitrogen and oxygen atoms in total. The first-order valence-corrected chi connectivity index (χ1v) is 11.5. The van der Waals surface area contributed by atoms with Gasteiger partial charge in [-0.25, -0.2) is 0 Å². The van der Waals surface area contributed by atoms with Gasteiger partial charge in [0.05, 0.1) is 25.2 Å². The zero-order valence-electron chi connectivity index (χ0n) is 19.3. The molecule has 3 rings (SSSR count). The average Bonchev–Trinajstić information content (AvgIpc) is 2.81. The lowest BCUT2D eigenvalue weighted by molar-refractivity contribution is -0.148. The lowest BCUT2D eigenvalue weighted by atomic mass is 10.1. The van der Waals surface area contributed by atoms with Crippen molar-refractivity contribution in [2.75, 3.05) is 26.3 Å². The third-order valence-electron chi connectivity index (χ3n) is 5.52. The fourth-order valence-corrected chi connectivity index (χ4v) is 3.63. The molecule has 1 N–H and O–H groups in total. The number of amides is 2. The molecule has 7 heteroatoms. The predicted molar refractivity (Wildman–Crippen MR) is 125 cm³/mol. The second kappa shape index (κ2) is 12.0. The van der Waals surface area contributed by atoms with E-state index >= 15 is 0 Å². The third kappa shape index (κ3) is 7.07. The van der Waals surface area contributed by atoms with Gasteiger partial charge in [0.1, 0.15) is 11.8 Å². The zero-order chi connectivity index (χ0) is 23.6. The molecule has 0 saturated carbocycles. The van der Waals surface area contributed by atoms with Crippen molar-refractivity contribution < 1.29 is 23.9 Å². The zero-order valence-corrected chi connectivity index (χ0v) is 19.3. The Labute approximate surface area is 195 Å². The van der Waals surface area contributed by atoms with Crippen molar-refractivity contribution in [2.45, 2.75) is 39.2 Å². The van der Waals surface area contributed by atoms with Crippen LogP contribution < -0.4 is 10.1 Å². The topological polar surface area (TPSA) is 84.9 Å². The number of nitrogens with one attached hydrogen (secondary N) is 1. The van der Waals surface area contributed by atoms with Crippen molar-refractivity contribution in [1.82, 2.24) is 10.2 Å². The molecule has 2 amide bonds. The molecule has 0 spiro atoms. The van der Waals surface area contributed by atoms with Gasteiger partial charge in [0.25, 0.3) is 5.91 Å². The molecule has 2 aromatic rings. The highest BCUT2D eigenvalue weighted by molar-refractivity contribution is 6.01. The van der Waals surface area contributed by atoms with Crippen LogP contribution in [-0.4, -0.2) is 55.0 Å². The van der Waals surface area contributed by atoms with E-state index in [0.717, 1.165) is 12.0 Å². The van der Waals surface area contributed by atoms with E-state index in [1.807, 2.05) is 44.2 Å². The summed E-state index contributed by atoms with van der Waals surface area (Å²) in [6.07, 6.45) is 1.28. The molecule has 1 aliphatic rings. The van der Waals surface area contributed by atoms with Crippen LogP contribution in [0.2, 0.25) is 0 Å². The lowest BCUT2D eigenvalue weighted by Crippen LogP contribution is -2.57. The van der Waals surface area contributed by atoms with Crippen molar-refractivity contribution in [3.63, 3.8) is 0 Å². The molecule has 2 aromatic carbocycles. The van der Waals surface area contributed by atoms with E-state index in [1.54, 1.807) is 24.3 Å². The van der Waals surface area contributed by atoms with Gasteiger partial charge in [0.2, 0.25) is 5.91 Å². The average molecular weight is 453 g/mol. The Morgan fingerprint density at radius 3 is 2.55 bits per heavy atom. The quantitative estimate of drug-likeness (QED) is 0.560. The van der Waals surface area contributed by atoms with Gasteiger partial charge in [-0.3, -0.25) is 14.4 Å². The minimum Gasteiger partial charge on any atom is -0.492 e. The van der Waals surface area contributed by atoms with Gasteiger partial charge in [-0.2, -0.15) is 0 Å². The van der Waals surface area contributed by atoms with Gasteiger partial charge in [0, 0.05) is 19.5 Å². The van der Waals surface area contributed by atoms with Gasteiger partial charge in [-0.15, -0.1) is 0 Å². The van der Waals surface area contributed by atoms with E-state index in [1.165, 1.54) is 4.90 Å². The maximum absolute atomic E-state index is 13.4. The number of benzene rings is 2. The number of carbonyl (C=O) groups is 3. The SMILES string of the molecule is CC(C)CCOC(=O)CC1C(=O)NCCN1C(=O)c1ccccc1OCCc1ccccc1. The number of rotatable bonds is 10. The Morgan fingerprint density at radius 2 is 1.79 bits per heavy atom. The summed E-state index contributed by atoms with van der Waals surface area (Å²) in [4.78, 5) is 39.7. The number of hydrogen-bond donors (Lipinski definition) is 1. The largest absolute Gasteiger partial charge is 0.492 e. The van der Waals surface area contributed by atoms with Crippen LogP contribution in [0.25, 0.3) is 0 Å². The number of carbonyl (C=O) groups excluding carboxylic acids is 3. The number of piperazine rings is 1. The maximum atomic E-state index is 13.4. The summed E-state index contributed by atoms with van der Waals surface area (Å²) < 4.78 is 11.2. The van der Waals surface area contributed by atoms with Crippen LogP contribution >= 0.6 is 0 Å².